The second-order valence-corrected chi connectivity index (χ2v) is 1.94. The van der Waals surface area contributed by atoms with E-state index in [0.29, 0.717) is 5.06 Å². The van der Waals surface area contributed by atoms with Crippen molar-refractivity contribution in [1.29, 1.82) is 0 Å². The van der Waals surface area contributed by atoms with Crippen molar-refractivity contribution in [2.24, 2.45) is 0 Å². The lowest BCUT2D eigenvalue weighted by Gasteiger charge is -2.15. The minimum Gasteiger partial charge on any atom is -0.394 e. The Kier molecular flexibility index (Phi) is 5.42. The molecule has 0 aliphatic heterocycles. The molecule has 0 unspecified atom stereocenters. The summed E-state index contributed by atoms with van der Waals surface area (Å²) >= 11 is 0. The summed E-state index contributed by atoms with van der Waals surface area (Å²) < 4.78 is 0. The molecule has 0 aliphatic rings. The van der Waals surface area contributed by atoms with Gasteiger partial charge in [0.2, 0.25) is 0 Å². The highest BCUT2D eigenvalue weighted by Gasteiger charge is 2.16. The van der Waals surface area contributed by atoms with Crippen LogP contribution in [0.15, 0.2) is 25.3 Å². The maximum atomic E-state index is 11.0. The third-order valence-electron chi connectivity index (χ3n) is 1.06. The van der Waals surface area contributed by atoms with E-state index >= 15 is 0 Å². The smallest absolute Gasteiger partial charge is 0.277 e. The average molecular weight is 185 g/mol. The molecule has 0 saturated carbocycles. The minimum absolute atomic E-state index is 0.140. The van der Waals surface area contributed by atoms with E-state index in [-0.39, 0.29) is 13.2 Å². The van der Waals surface area contributed by atoms with Gasteiger partial charge in [0.1, 0.15) is 0 Å². The summed E-state index contributed by atoms with van der Waals surface area (Å²) in [6, 6.07) is 0. The maximum Gasteiger partial charge on any atom is 0.277 e. The number of hydrogen-bond acceptors (Lipinski definition) is 4. The number of hydroxylamine groups is 2. The highest BCUT2D eigenvalue weighted by molar-refractivity contribution is 6.03. The fraction of sp³-hybridized carbons (Fsp3) is 0.250. The lowest BCUT2D eigenvalue weighted by atomic mass is 10.5. The van der Waals surface area contributed by atoms with Gasteiger partial charge in [-0.15, -0.1) is 5.06 Å². The molecule has 0 spiro atoms. The van der Waals surface area contributed by atoms with Crippen molar-refractivity contribution in [3.63, 3.8) is 0 Å². The summed E-state index contributed by atoms with van der Waals surface area (Å²) in [6.07, 6.45) is 1.86. The molecule has 5 nitrogen and oxygen atoms in total. The Labute approximate surface area is 75.9 Å². The van der Waals surface area contributed by atoms with Crippen LogP contribution in [-0.2, 0) is 14.4 Å². The first-order valence-electron chi connectivity index (χ1n) is 3.54. The number of aliphatic hydroxyl groups is 1. The van der Waals surface area contributed by atoms with E-state index < -0.39 is 11.8 Å². The molecule has 5 heteroatoms. The van der Waals surface area contributed by atoms with Gasteiger partial charge in [0, 0.05) is 0 Å². The minimum atomic E-state index is -0.696. The van der Waals surface area contributed by atoms with Crippen LogP contribution >= 0.6 is 0 Å². The van der Waals surface area contributed by atoms with E-state index in [2.05, 4.69) is 18.0 Å². The molecule has 0 aromatic heterocycles. The van der Waals surface area contributed by atoms with Crippen molar-refractivity contribution < 1.29 is 19.5 Å². The molecule has 0 rings (SSSR count). The molecule has 0 heterocycles. The van der Waals surface area contributed by atoms with Gasteiger partial charge in [-0.25, -0.2) is 0 Å². The van der Waals surface area contributed by atoms with Gasteiger partial charge in [0.25, 0.3) is 11.8 Å². The van der Waals surface area contributed by atoms with Crippen LogP contribution in [0, 0.1) is 0 Å². The molecule has 2 amide bonds. The molecule has 0 saturated heterocycles. The van der Waals surface area contributed by atoms with Crippen LogP contribution in [0.2, 0.25) is 0 Å². The third-order valence-corrected chi connectivity index (χ3v) is 1.06. The van der Waals surface area contributed by atoms with Crippen molar-refractivity contribution in [1.82, 2.24) is 5.06 Å². The Morgan fingerprint density at radius 3 is 2.08 bits per heavy atom. The van der Waals surface area contributed by atoms with Crippen molar-refractivity contribution in [3.8, 4) is 0 Å². The molecule has 0 radical (unpaired) electrons. The number of carbonyl (C=O) groups is 2. The van der Waals surface area contributed by atoms with Gasteiger partial charge >= 0.3 is 0 Å². The Hall–Kier alpha value is -1.46. The Morgan fingerprint density at radius 1 is 1.31 bits per heavy atom. The third kappa shape index (κ3) is 3.64. The van der Waals surface area contributed by atoms with Gasteiger partial charge in [0.05, 0.1) is 13.2 Å². The van der Waals surface area contributed by atoms with E-state index in [1.165, 1.54) is 0 Å². The van der Waals surface area contributed by atoms with Crippen LogP contribution in [0.5, 0.6) is 0 Å². The van der Waals surface area contributed by atoms with Crippen LogP contribution in [0.25, 0.3) is 0 Å². The zero-order chi connectivity index (χ0) is 10.3. The largest absolute Gasteiger partial charge is 0.394 e. The second kappa shape index (κ2) is 6.10. The average Bonchev–Trinajstić information content (AvgIpc) is 2.17. The fourth-order valence-corrected chi connectivity index (χ4v) is 0.534. The predicted molar refractivity (Wildman–Crippen MR) is 45.3 cm³/mol. The maximum absolute atomic E-state index is 11.0. The van der Waals surface area contributed by atoms with E-state index in [0.717, 1.165) is 12.2 Å². The molecule has 13 heavy (non-hydrogen) atoms. The van der Waals surface area contributed by atoms with Gasteiger partial charge < -0.3 is 5.11 Å². The number of carbonyl (C=O) groups excluding carboxylic acids is 2. The quantitative estimate of drug-likeness (QED) is 0.469. The van der Waals surface area contributed by atoms with Crippen LogP contribution < -0.4 is 0 Å². The van der Waals surface area contributed by atoms with E-state index in [1.807, 2.05) is 0 Å². The lowest BCUT2D eigenvalue weighted by molar-refractivity contribution is -0.189. The zero-order valence-corrected chi connectivity index (χ0v) is 7.10. The first-order valence-corrected chi connectivity index (χ1v) is 3.54. The lowest BCUT2D eigenvalue weighted by Crippen LogP contribution is -2.35. The highest BCUT2D eigenvalue weighted by atomic mass is 16.7. The summed E-state index contributed by atoms with van der Waals surface area (Å²) in [5.74, 6) is -1.39. The first kappa shape index (κ1) is 11.5. The highest BCUT2D eigenvalue weighted by Crippen LogP contribution is 1.95. The number of amides is 2. The van der Waals surface area contributed by atoms with Crippen molar-refractivity contribution in [2.45, 2.75) is 0 Å². The van der Waals surface area contributed by atoms with E-state index in [4.69, 9.17) is 5.11 Å². The first-order chi connectivity index (χ1) is 6.17. The van der Waals surface area contributed by atoms with Crippen LogP contribution in [0.4, 0.5) is 0 Å². The van der Waals surface area contributed by atoms with Gasteiger partial charge in [-0.05, 0) is 12.2 Å². The summed E-state index contributed by atoms with van der Waals surface area (Å²) in [6.45, 7) is 5.95. The van der Waals surface area contributed by atoms with Crippen molar-refractivity contribution >= 4 is 11.8 Å². The Bertz CT molecular complexity index is 204. The molecular weight excluding hydrogens is 174 g/mol. The molecule has 0 aromatic rings. The Balaban J connectivity index is 4.35. The fourth-order valence-electron chi connectivity index (χ4n) is 0.534. The topological polar surface area (TPSA) is 66.8 Å². The predicted octanol–water partition coefficient (Wildman–Crippen LogP) is -0.363. The van der Waals surface area contributed by atoms with E-state index in [9.17, 15) is 9.59 Å². The number of imide groups is 1. The molecule has 0 aliphatic carbocycles. The molecule has 72 valence electrons. The van der Waals surface area contributed by atoms with Gasteiger partial charge in [0.15, 0.2) is 0 Å². The standard InChI is InChI=1S/C8H11NO4/c1-3-7(11)9(8(12)4-2)13-6-5-10/h3-4,10H,1-2,5-6H2. The van der Waals surface area contributed by atoms with Gasteiger partial charge in [-0.3, -0.25) is 14.4 Å². The number of rotatable bonds is 5. The molecule has 0 aromatic carbocycles. The summed E-state index contributed by atoms with van der Waals surface area (Å²) in [5, 5.41) is 8.88. The zero-order valence-electron chi connectivity index (χ0n) is 7.10. The Morgan fingerprint density at radius 2 is 1.77 bits per heavy atom. The second-order valence-electron chi connectivity index (χ2n) is 1.94. The molecular formula is C8H11NO4. The summed E-state index contributed by atoms with van der Waals surface area (Å²) in [5.41, 5.74) is 0. The van der Waals surface area contributed by atoms with Crippen LogP contribution in [0.3, 0.4) is 0 Å². The molecule has 0 bridgehead atoms. The summed E-state index contributed by atoms with van der Waals surface area (Å²) in [4.78, 5) is 26.5. The monoisotopic (exact) mass is 185 g/mol. The SMILES string of the molecule is C=CC(=O)N(OCCO)C(=O)C=C. The number of hydrogen-bond donors (Lipinski definition) is 1. The van der Waals surface area contributed by atoms with Crippen molar-refractivity contribution in [3.05, 3.63) is 25.3 Å². The van der Waals surface area contributed by atoms with Crippen LogP contribution in [0.1, 0.15) is 0 Å². The van der Waals surface area contributed by atoms with E-state index in [1.54, 1.807) is 0 Å². The van der Waals surface area contributed by atoms with Crippen molar-refractivity contribution in [2.75, 3.05) is 13.2 Å². The molecule has 1 N–H and O–H groups in total. The molecule has 0 fully saturated rings. The molecule has 0 atom stereocenters. The number of nitrogens with zero attached hydrogens (tertiary/aromatic N) is 1. The van der Waals surface area contributed by atoms with Crippen LogP contribution in [-0.4, -0.2) is 35.2 Å². The van der Waals surface area contributed by atoms with Gasteiger partial charge in [-0.2, -0.15) is 0 Å². The normalized spacial score (nSPS) is 9.00. The summed E-state index contributed by atoms with van der Waals surface area (Å²) in [7, 11) is 0. The van der Waals surface area contributed by atoms with Gasteiger partial charge in [-0.1, -0.05) is 13.2 Å². The number of aliphatic hydroxyl groups excluding tert-OH is 1.